The number of phenols is 1. The third-order valence-electron chi connectivity index (χ3n) is 3.31. The zero-order chi connectivity index (χ0) is 14.4. The molecule has 4 rings (SSSR count). The van der Waals surface area contributed by atoms with Gasteiger partial charge in [-0.15, -0.1) is 0 Å². The first kappa shape index (κ1) is 14.6. The SMILES string of the molecule is O=c1oc2cc(O)ccc2cc1-c1[nH+]c2ccccc2s1.[Cl-]. The monoisotopic (exact) mass is 331 g/mol. The molecule has 0 saturated heterocycles. The molecule has 0 atom stereocenters. The molecule has 0 aliphatic carbocycles. The molecule has 0 radical (unpaired) electrons. The fourth-order valence-corrected chi connectivity index (χ4v) is 3.31. The lowest BCUT2D eigenvalue weighted by Crippen LogP contribution is -3.00. The lowest BCUT2D eigenvalue weighted by molar-refractivity contribution is -0.325. The molecule has 4 aromatic rings. The zero-order valence-electron chi connectivity index (χ0n) is 11.2. The van der Waals surface area contributed by atoms with Crippen LogP contribution >= 0.6 is 11.3 Å². The van der Waals surface area contributed by atoms with Gasteiger partial charge in [0.2, 0.25) is 5.52 Å². The second kappa shape index (κ2) is 5.44. The topological polar surface area (TPSA) is 64.6 Å². The van der Waals surface area contributed by atoms with Gasteiger partial charge in [-0.25, -0.2) is 4.79 Å². The quantitative estimate of drug-likeness (QED) is 0.507. The van der Waals surface area contributed by atoms with E-state index in [2.05, 4.69) is 4.98 Å². The first-order chi connectivity index (χ1) is 10.2. The second-order valence-corrected chi connectivity index (χ2v) is 5.77. The van der Waals surface area contributed by atoms with Gasteiger partial charge in [0.15, 0.2) is 0 Å². The van der Waals surface area contributed by atoms with E-state index >= 15 is 0 Å². The minimum atomic E-state index is -0.420. The van der Waals surface area contributed by atoms with Gasteiger partial charge in [-0.1, -0.05) is 23.5 Å². The fraction of sp³-hybridized carbons (Fsp3) is 0. The van der Waals surface area contributed by atoms with Crippen molar-refractivity contribution in [2.75, 3.05) is 0 Å². The highest BCUT2D eigenvalue weighted by Crippen LogP contribution is 2.27. The van der Waals surface area contributed by atoms with Gasteiger partial charge in [0.05, 0.1) is 0 Å². The van der Waals surface area contributed by atoms with Crippen molar-refractivity contribution in [1.29, 1.82) is 0 Å². The van der Waals surface area contributed by atoms with Gasteiger partial charge in [0.1, 0.15) is 21.6 Å². The van der Waals surface area contributed by atoms with Crippen molar-refractivity contribution in [3.63, 3.8) is 0 Å². The second-order valence-electron chi connectivity index (χ2n) is 4.72. The summed E-state index contributed by atoms with van der Waals surface area (Å²) in [5.41, 5.74) is 1.44. The molecule has 2 aromatic carbocycles. The number of fused-ring (bicyclic) bond motifs is 2. The van der Waals surface area contributed by atoms with Crippen LogP contribution in [0.4, 0.5) is 0 Å². The smallest absolute Gasteiger partial charge is 0.351 e. The van der Waals surface area contributed by atoms with Crippen molar-refractivity contribution in [3.05, 3.63) is 59.0 Å². The number of thiazole rings is 1. The van der Waals surface area contributed by atoms with Gasteiger partial charge < -0.3 is 21.9 Å². The average Bonchev–Trinajstić information content (AvgIpc) is 2.90. The number of nitrogens with one attached hydrogen (secondary N) is 1. The Kier molecular flexibility index (Phi) is 3.60. The van der Waals surface area contributed by atoms with E-state index in [0.29, 0.717) is 11.1 Å². The van der Waals surface area contributed by atoms with Crippen LogP contribution in [0.1, 0.15) is 0 Å². The maximum absolute atomic E-state index is 12.2. The van der Waals surface area contributed by atoms with Crippen LogP contribution in [0, 0.1) is 0 Å². The minimum absolute atomic E-state index is 0. The molecule has 0 bridgehead atoms. The van der Waals surface area contributed by atoms with E-state index in [4.69, 9.17) is 4.42 Å². The number of hydrogen-bond acceptors (Lipinski definition) is 4. The summed E-state index contributed by atoms with van der Waals surface area (Å²) in [4.78, 5) is 15.4. The molecule has 0 unspecified atom stereocenters. The molecule has 0 spiro atoms. The van der Waals surface area contributed by atoms with Gasteiger partial charge in [0.25, 0.3) is 5.01 Å². The predicted octanol–water partition coefficient (Wildman–Crippen LogP) is 0.198. The summed E-state index contributed by atoms with van der Waals surface area (Å²) in [6, 6.07) is 14.4. The average molecular weight is 332 g/mol. The van der Waals surface area contributed by atoms with Crippen molar-refractivity contribution in [2.24, 2.45) is 0 Å². The van der Waals surface area contributed by atoms with E-state index in [1.807, 2.05) is 24.3 Å². The number of benzene rings is 2. The molecular formula is C16H10ClNO3S. The summed E-state index contributed by atoms with van der Waals surface area (Å²) < 4.78 is 6.38. The van der Waals surface area contributed by atoms with Crippen molar-refractivity contribution in [3.8, 4) is 16.3 Å². The summed E-state index contributed by atoms with van der Waals surface area (Å²) in [7, 11) is 0. The highest BCUT2D eigenvalue weighted by Gasteiger charge is 2.18. The van der Waals surface area contributed by atoms with E-state index in [-0.39, 0.29) is 18.2 Å². The van der Waals surface area contributed by atoms with Crippen LogP contribution in [-0.4, -0.2) is 5.11 Å². The summed E-state index contributed by atoms with van der Waals surface area (Å²) in [5, 5.41) is 11.0. The zero-order valence-corrected chi connectivity index (χ0v) is 12.7. The number of para-hydroxylation sites is 1. The molecule has 0 fully saturated rings. The van der Waals surface area contributed by atoms with Gasteiger partial charge in [-0.2, -0.15) is 4.98 Å². The predicted molar refractivity (Wildman–Crippen MR) is 81.5 cm³/mol. The van der Waals surface area contributed by atoms with E-state index in [9.17, 15) is 9.90 Å². The number of aromatic hydroxyl groups is 1. The molecule has 2 aromatic heterocycles. The standard InChI is InChI=1S/C16H9NO3S.ClH/c18-10-6-5-9-7-11(16(19)20-13(9)8-10)15-17-12-3-1-2-4-14(12)21-15;/h1-8,18H;1H. The van der Waals surface area contributed by atoms with Crippen LogP contribution < -0.4 is 23.0 Å². The lowest BCUT2D eigenvalue weighted by Gasteiger charge is -1.98. The van der Waals surface area contributed by atoms with Crippen molar-refractivity contribution in [1.82, 2.24) is 0 Å². The number of hydrogen-bond donors (Lipinski definition) is 1. The van der Waals surface area contributed by atoms with Gasteiger partial charge >= 0.3 is 5.63 Å². The van der Waals surface area contributed by atoms with Gasteiger partial charge in [0, 0.05) is 17.5 Å². The number of aromatic nitrogens is 1. The summed E-state index contributed by atoms with van der Waals surface area (Å²) in [6.45, 7) is 0. The maximum atomic E-state index is 12.2. The molecule has 0 aliphatic rings. The molecule has 110 valence electrons. The molecule has 0 amide bonds. The van der Waals surface area contributed by atoms with Crippen LogP contribution in [0.25, 0.3) is 31.8 Å². The van der Waals surface area contributed by atoms with E-state index in [0.717, 1.165) is 20.6 Å². The van der Waals surface area contributed by atoms with Crippen LogP contribution in [-0.2, 0) is 0 Å². The third-order valence-corrected chi connectivity index (χ3v) is 4.41. The minimum Gasteiger partial charge on any atom is -1.00 e. The normalized spacial score (nSPS) is 10.7. The van der Waals surface area contributed by atoms with Crippen LogP contribution in [0.2, 0.25) is 0 Å². The van der Waals surface area contributed by atoms with Gasteiger partial charge in [-0.05, 0) is 24.3 Å². The molecule has 2 heterocycles. The number of halogens is 1. The van der Waals surface area contributed by atoms with E-state index < -0.39 is 5.63 Å². The molecule has 22 heavy (non-hydrogen) atoms. The maximum Gasteiger partial charge on any atom is 0.351 e. The highest BCUT2D eigenvalue weighted by molar-refractivity contribution is 7.21. The number of aromatic amines is 1. The molecule has 0 saturated carbocycles. The molecule has 2 N–H and O–H groups in total. The van der Waals surface area contributed by atoms with Crippen molar-refractivity contribution < 1.29 is 26.9 Å². The Morgan fingerprint density at radius 2 is 1.91 bits per heavy atom. The Morgan fingerprint density at radius 1 is 1.09 bits per heavy atom. The number of rotatable bonds is 1. The molecule has 4 nitrogen and oxygen atoms in total. The summed E-state index contributed by atoms with van der Waals surface area (Å²) >= 11 is 1.51. The highest BCUT2D eigenvalue weighted by atomic mass is 35.5. The molecular weight excluding hydrogens is 322 g/mol. The Morgan fingerprint density at radius 3 is 2.73 bits per heavy atom. The lowest BCUT2D eigenvalue weighted by atomic mass is 10.2. The Labute approximate surface area is 135 Å². The summed E-state index contributed by atoms with van der Waals surface area (Å²) in [5.74, 6) is 0.0758. The first-order valence-electron chi connectivity index (χ1n) is 6.39. The van der Waals surface area contributed by atoms with Crippen LogP contribution in [0.3, 0.4) is 0 Å². The van der Waals surface area contributed by atoms with Gasteiger partial charge in [-0.3, -0.25) is 0 Å². The number of phenolic OH excluding ortho intramolecular Hbond substituents is 1. The Bertz CT molecular complexity index is 1010. The molecule has 0 aliphatic heterocycles. The van der Waals surface area contributed by atoms with Crippen LogP contribution in [0.15, 0.2) is 57.7 Å². The van der Waals surface area contributed by atoms with Crippen molar-refractivity contribution in [2.45, 2.75) is 0 Å². The Balaban J connectivity index is 0.00000144. The Hall–Kier alpha value is -2.37. The van der Waals surface area contributed by atoms with E-state index in [1.54, 1.807) is 18.2 Å². The first-order valence-corrected chi connectivity index (χ1v) is 7.20. The van der Waals surface area contributed by atoms with Crippen LogP contribution in [0.5, 0.6) is 5.75 Å². The molecule has 6 heteroatoms. The fourth-order valence-electron chi connectivity index (χ4n) is 2.30. The number of H-pyrrole nitrogens is 1. The van der Waals surface area contributed by atoms with Crippen molar-refractivity contribution >= 4 is 32.5 Å². The largest absolute Gasteiger partial charge is 1.00 e. The third kappa shape index (κ3) is 2.34. The van der Waals surface area contributed by atoms with E-state index in [1.165, 1.54) is 17.4 Å². The summed E-state index contributed by atoms with van der Waals surface area (Å²) in [6.07, 6.45) is 0.